The van der Waals surface area contributed by atoms with Gasteiger partial charge in [0.15, 0.2) is 12.6 Å². The van der Waals surface area contributed by atoms with Crippen LogP contribution in [0.1, 0.15) is 55.6 Å². The predicted molar refractivity (Wildman–Crippen MR) is 124 cm³/mol. The van der Waals surface area contributed by atoms with Gasteiger partial charge in [0, 0.05) is 7.11 Å². The van der Waals surface area contributed by atoms with E-state index in [1.165, 1.54) is 7.11 Å². The van der Waals surface area contributed by atoms with E-state index >= 15 is 0 Å². The Morgan fingerprint density at radius 1 is 1.21 bits per heavy atom. The van der Waals surface area contributed by atoms with Crippen molar-refractivity contribution >= 4 is 12.0 Å². The van der Waals surface area contributed by atoms with Crippen molar-refractivity contribution in [2.75, 3.05) is 13.9 Å². The molecule has 1 fully saturated rings. The number of hydrogen-bond acceptors (Lipinski definition) is 7. The van der Waals surface area contributed by atoms with Crippen molar-refractivity contribution in [2.45, 2.75) is 71.2 Å². The number of aromatic carboxylic acids is 1. The maximum Gasteiger partial charge on any atom is 0.340 e. The molecule has 1 aliphatic heterocycles. The number of rotatable bonds is 11. The van der Waals surface area contributed by atoms with Crippen LogP contribution >= 0.6 is 0 Å². The molecule has 0 bridgehead atoms. The highest BCUT2D eigenvalue weighted by atomic mass is 16.8. The van der Waals surface area contributed by atoms with Crippen LogP contribution in [0.3, 0.4) is 0 Å². The lowest BCUT2D eigenvalue weighted by Gasteiger charge is -2.20. The van der Waals surface area contributed by atoms with Crippen LogP contribution in [0.25, 0.3) is 6.08 Å². The van der Waals surface area contributed by atoms with E-state index in [0.717, 1.165) is 5.56 Å². The van der Waals surface area contributed by atoms with Gasteiger partial charge in [0.25, 0.3) is 0 Å². The van der Waals surface area contributed by atoms with Crippen molar-refractivity contribution in [3.63, 3.8) is 0 Å². The van der Waals surface area contributed by atoms with Crippen LogP contribution < -0.4 is 4.74 Å². The fraction of sp³-hybridized carbons (Fsp3) is 0.560. The summed E-state index contributed by atoms with van der Waals surface area (Å²) in [7, 11) is 1.47. The van der Waals surface area contributed by atoms with Crippen molar-refractivity contribution in [1.82, 2.24) is 0 Å². The van der Waals surface area contributed by atoms with E-state index in [-0.39, 0.29) is 24.0 Å². The molecule has 184 valence electrons. The number of carboxylic acid groups (broad SMARTS) is 1. The highest BCUT2D eigenvalue weighted by molar-refractivity contribution is 5.95. The summed E-state index contributed by atoms with van der Waals surface area (Å²) in [6.45, 7) is 8.90. The highest BCUT2D eigenvalue weighted by Crippen LogP contribution is 2.33. The maximum absolute atomic E-state index is 11.9. The van der Waals surface area contributed by atoms with Gasteiger partial charge in [-0.25, -0.2) is 4.79 Å². The van der Waals surface area contributed by atoms with Crippen molar-refractivity contribution < 1.29 is 39.1 Å². The van der Waals surface area contributed by atoms with E-state index in [1.807, 2.05) is 13.8 Å². The molecule has 1 heterocycles. The van der Waals surface area contributed by atoms with Gasteiger partial charge >= 0.3 is 5.97 Å². The van der Waals surface area contributed by atoms with Crippen molar-refractivity contribution in [3.05, 3.63) is 47.1 Å². The second-order valence-corrected chi connectivity index (χ2v) is 8.84. The van der Waals surface area contributed by atoms with Crippen molar-refractivity contribution in [1.29, 1.82) is 0 Å². The number of aliphatic hydroxyl groups excluding tert-OH is 2. The standard InChI is InChI=1S/C25H36O8/c1-15-12-18(22(24(28)29)21(13-15)31-14-30-6)8-7-9-20-23(33-25(4,5)32-20)19(27)11-10-16(2)17(3)26/h7-8,10-13,16-17,19-20,23,26-27H,9,14H2,1-6H3,(H,28,29)/b8-7+,11-10-/t16-,17+,19?,20+,23-/m1/s1. The SMILES string of the molecule is COCOc1cc(C)cc(/C=C/C[C@@H]2OC(C)(C)O[C@@H]2C(O)/C=C\[C@@H](C)[C@H](C)O)c1C(=O)O. The summed E-state index contributed by atoms with van der Waals surface area (Å²) in [6, 6.07) is 3.42. The van der Waals surface area contributed by atoms with Gasteiger partial charge in [-0.15, -0.1) is 0 Å². The van der Waals surface area contributed by atoms with Crippen LogP contribution in [0.15, 0.2) is 30.4 Å². The first-order valence-corrected chi connectivity index (χ1v) is 11.0. The summed E-state index contributed by atoms with van der Waals surface area (Å²) < 4.78 is 22.2. The third kappa shape index (κ3) is 7.65. The van der Waals surface area contributed by atoms with Gasteiger partial charge in [0.2, 0.25) is 0 Å². The summed E-state index contributed by atoms with van der Waals surface area (Å²) in [5.41, 5.74) is 1.39. The van der Waals surface area contributed by atoms with E-state index in [1.54, 1.807) is 57.2 Å². The van der Waals surface area contributed by atoms with Gasteiger partial charge in [0.05, 0.1) is 12.2 Å². The molecule has 1 unspecified atom stereocenters. The molecule has 8 nitrogen and oxygen atoms in total. The number of methoxy groups -OCH3 is 1. The number of carboxylic acids is 1. The van der Waals surface area contributed by atoms with E-state index in [4.69, 9.17) is 18.9 Å². The zero-order valence-corrected chi connectivity index (χ0v) is 20.1. The number of hydrogen-bond donors (Lipinski definition) is 3. The minimum atomic E-state index is -1.10. The van der Waals surface area contributed by atoms with Crippen molar-refractivity contribution in [2.24, 2.45) is 5.92 Å². The molecule has 1 aliphatic rings. The predicted octanol–water partition coefficient (Wildman–Crippen LogP) is 3.53. The van der Waals surface area contributed by atoms with Crippen LogP contribution in [0.4, 0.5) is 0 Å². The molecule has 33 heavy (non-hydrogen) atoms. The Morgan fingerprint density at radius 3 is 2.52 bits per heavy atom. The lowest BCUT2D eigenvalue weighted by Crippen LogP contribution is -2.34. The lowest BCUT2D eigenvalue weighted by atomic mass is 9.99. The molecular weight excluding hydrogens is 428 g/mol. The van der Waals surface area contributed by atoms with Gasteiger partial charge in [-0.1, -0.05) is 37.3 Å². The van der Waals surface area contributed by atoms with Crippen LogP contribution in [-0.2, 0) is 14.2 Å². The molecule has 0 radical (unpaired) electrons. The Hall–Kier alpha value is -2.23. The summed E-state index contributed by atoms with van der Waals surface area (Å²) in [6.07, 6.45) is 4.77. The van der Waals surface area contributed by atoms with E-state index in [9.17, 15) is 20.1 Å². The zero-order valence-electron chi connectivity index (χ0n) is 20.1. The molecular formula is C25H36O8. The molecule has 0 aliphatic carbocycles. The topological polar surface area (TPSA) is 115 Å². The molecule has 8 heteroatoms. The fourth-order valence-electron chi connectivity index (χ4n) is 3.60. The van der Waals surface area contributed by atoms with Crippen LogP contribution in [-0.4, -0.2) is 65.4 Å². The van der Waals surface area contributed by atoms with Crippen LogP contribution in [0, 0.1) is 12.8 Å². The molecule has 0 saturated carbocycles. The number of benzene rings is 1. The highest BCUT2D eigenvalue weighted by Gasteiger charge is 2.43. The molecule has 0 spiro atoms. The molecule has 3 N–H and O–H groups in total. The quantitative estimate of drug-likeness (QED) is 0.337. The zero-order chi connectivity index (χ0) is 24.8. The molecule has 0 aromatic heterocycles. The molecule has 0 amide bonds. The molecule has 1 aromatic rings. The number of aryl methyl sites for hydroxylation is 1. The lowest BCUT2D eigenvalue weighted by molar-refractivity contribution is -0.152. The maximum atomic E-state index is 11.9. The van der Waals surface area contributed by atoms with E-state index in [2.05, 4.69) is 0 Å². The Morgan fingerprint density at radius 2 is 1.91 bits per heavy atom. The molecule has 1 saturated heterocycles. The van der Waals surface area contributed by atoms with Gasteiger partial charge < -0.3 is 34.3 Å². The second kappa shape index (κ2) is 11.8. The molecule has 5 atom stereocenters. The average molecular weight is 465 g/mol. The van der Waals surface area contributed by atoms with Gasteiger partial charge in [-0.05, 0) is 57.2 Å². The number of aliphatic hydroxyl groups is 2. The monoisotopic (exact) mass is 464 g/mol. The first-order valence-electron chi connectivity index (χ1n) is 11.0. The van der Waals surface area contributed by atoms with Crippen LogP contribution in [0.2, 0.25) is 0 Å². The third-order valence-electron chi connectivity index (χ3n) is 5.42. The summed E-state index contributed by atoms with van der Waals surface area (Å²) in [5.74, 6) is -1.85. The Kier molecular flexibility index (Phi) is 9.63. The second-order valence-electron chi connectivity index (χ2n) is 8.84. The smallest absolute Gasteiger partial charge is 0.340 e. The Labute approximate surface area is 195 Å². The molecule has 2 rings (SSSR count). The van der Waals surface area contributed by atoms with E-state index in [0.29, 0.717) is 12.0 Å². The van der Waals surface area contributed by atoms with E-state index < -0.39 is 36.2 Å². The Balaban J connectivity index is 2.21. The summed E-state index contributed by atoms with van der Waals surface area (Å²) >= 11 is 0. The largest absolute Gasteiger partial charge is 0.478 e. The minimum Gasteiger partial charge on any atom is -0.478 e. The summed E-state index contributed by atoms with van der Waals surface area (Å²) in [4.78, 5) is 11.9. The van der Waals surface area contributed by atoms with Crippen LogP contribution in [0.5, 0.6) is 5.75 Å². The van der Waals surface area contributed by atoms with Gasteiger partial charge in [0.1, 0.15) is 23.5 Å². The first kappa shape index (κ1) is 27.0. The normalized spacial score (nSPS) is 23.2. The van der Waals surface area contributed by atoms with Gasteiger partial charge in [-0.3, -0.25) is 0 Å². The summed E-state index contributed by atoms with van der Waals surface area (Å²) in [5, 5.41) is 30.0. The van der Waals surface area contributed by atoms with Crippen molar-refractivity contribution in [3.8, 4) is 5.75 Å². The number of carbonyl (C=O) groups is 1. The fourth-order valence-corrected chi connectivity index (χ4v) is 3.60. The molecule has 1 aromatic carbocycles. The Bertz CT molecular complexity index is 858. The minimum absolute atomic E-state index is 0.0458. The number of ether oxygens (including phenoxy) is 4. The average Bonchev–Trinajstić information content (AvgIpc) is 3.03. The van der Waals surface area contributed by atoms with Gasteiger partial charge in [-0.2, -0.15) is 0 Å². The first-order chi connectivity index (χ1) is 15.4. The third-order valence-corrected chi connectivity index (χ3v) is 5.42.